The summed E-state index contributed by atoms with van der Waals surface area (Å²) in [7, 11) is 2.12. The monoisotopic (exact) mass is 273 g/mol. The molecule has 2 aliphatic rings. The van der Waals surface area contributed by atoms with Crippen LogP contribution in [0.15, 0.2) is 46.4 Å². The van der Waals surface area contributed by atoms with Gasteiger partial charge in [0.25, 0.3) is 0 Å². The molecule has 1 atom stereocenters. The molecule has 1 aliphatic heterocycles. The van der Waals surface area contributed by atoms with E-state index in [-0.39, 0.29) is 11.5 Å². The SMILES string of the molecule is CCN(C)C1=CC2OC(C)=C(C)C(C(C)(C)C)=C2C=C1. The molecule has 1 unspecified atom stereocenters. The number of hydrogen-bond donors (Lipinski definition) is 0. The third-order valence-corrected chi connectivity index (χ3v) is 4.22. The highest BCUT2D eigenvalue weighted by Gasteiger charge is 2.32. The number of nitrogens with zero attached hydrogens (tertiary/aromatic N) is 1. The molecule has 1 aliphatic carbocycles. The van der Waals surface area contributed by atoms with E-state index in [2.05, 4.69) is 71.7 Å². The summed E-state index contributed by atoms with van der Waals surface area (Å²) in [4.78, 5) is 2.24. The zero-order chi connectivity index (χ0) is 15.1. The Hall–Kier alpha value is -1.44. The Morgan fingerprint density at radius 3 is 2.40 bits per heavy atom. The lowest BCUT2D eigenvalue weighted by Crippen LogP contribution is -2.29. The molecular weight excluding hydrogens is 246 g/mol. The van der Waals surface area contributed by atoms with Crippen LogP contribution in [0.2, 0.25) is 0 Å². The molecule has 0 saturated heterocycles. The second-order valence-corrected chi connectivity index (χ2v) is 6.74. The molecule has 2 heteroatoms. The molecule has 0 bridgehead atoms. The topological polar surface area (TPSA) is 12.5 Å². The average molecular weight is 273 g/mol. The van der Waals surface area contributed by atoms with Gasteiger partial charge in [0.1, 0.15) is 6.10 Å². The molecule has 0 amide bonds. The van der Waals surface area contributed by atoms with E-state index < -0.39 is 0 Å². The highest BCUT2D eigenvalue weighted by Crippen LogP contribution is 2.42. The first kappa shape index (κ1) is 15.0. The van der Waals surface area contributed by atoms with E-state index in [1.54, 1.807) is 0 Å². The second-order valence-electron chi connectivity index (χ2n) is 6.74. The molecule has 0 aromatic heterocycles. The summed E-state index contributed by atoms with van der Waals surface area (Å²) in [6.07, 6.45) is 6.74. The number of fused-ring (bicyclic) bond motifs is 1. The number of ether oxygens (including phenoxy) is 1. The molecule has 20 heavy (non-hydrogen) atoms. The highest BCUT2D eigenvalue weighted by atomic mass is 16.5. The lowest BCUT2D eigenvalue weighted by molar-refractivity contribution is 0.170. The first-order chi connectivity index (χ1) is 9.25. The zero-order valence-electron chi connectivity index (χ0n) is 13.9. The Morgan fingerprint density at radius 1 is 1.20 bits per heavy atom. The van der Waals surface area contributed by atoms with Gasteiger partial charge < -0.3 is 9.64 Å². The maximum atomic E-state index is 6.12. The fraction of sp³-hybridized carbons (Fsp3) is 0.556. The van der Waals surface area contributed by atoms with Crippen molar-refractivity contribution < 1.29 is 4.74 Å². The standard InChI is InChI=1S/C18H27NO/c1-8-19(7)14-9-10-15-16(11-14)20-13(3)12(2)17(15)18(4,5)6/h9-11,16H,8H2,1-7H3. The van der Waals surface area contributed by atoms with Crippen molar-refractivity contribution in [1.82, 2.24) is 4.90 Å². The van der Waals surface area contributed by atoms with Gasteiger partial charge in [0.05, 0.1) is 5.76 Å². The van der Waals surface area contributed by atoms with Crippen LogP contribution >= 0.6 is 0 Å². The van der Waals surface area contributed by atoms with Crippen LogP contribution in [-0.4, -0.2) is 24.6 Å². The van der Waals surface area contributed by atoms with Crippen LogP contribution in [-0.2, 0) is 4.74 Å². The first-order valence-electron chi connectivity index (χ1n) is 7.46. The van der Waals surface area contributed by atoms with Gasteiger partial charge in [-0.3, -0.25) is 0 Å². The normalized spacial score (nSPS) is 22.6. The van der Waals surface area contributed by atoms with Crippen LogP contribution in [0.5, 0.6) is 0 Å². The van der Waals surface area contributed by atoms with Crippen molar-refractivity contribution >= 4 is 0 Å². The van der Waals surface area contributed by atoms with Crippen LogP contribution in [0.1, 0.15) is 41.5 Å². The summed E-state index contributed by atoms with van der Waals surface area (Å²) in [5, 5.41) is 0. The van der Waals surface area contributed by atoms with Gasteiger partial charge in [-0.25, -0.2) is 0 Å². The predicted octanol–water partition coefficient (Wildman–Crippen LogP) is 4.43. The van der Waals surface area contributed by atoms with Gasteiger partial charge in [-0.1, -0.05) is 26.8 Å². The van der Waals surface area contributed by atoms with Gasteiger partial charge in [-0.2, -0.15) is 0 Å². The van der Waals surface area contributed by atoms with E-state index in [1.807, 2.05) is 0 Å². The molecule has 0 radical (unpaired) electrons. The van der Waals surface area contributed by atoms with E-state index in [4.69, 9.17) is 4.74 Å². The van der Waals surface area contributed by atoms with Crippen molar-refractivity contribution in [1.29, 1.82) is 0 Å². The predicted molar refractivity (Wildman–Crippen MR) is 85.3 cm³/mol. The molecule has 1 heterocycles. The minimum Gasteiger partial charge on any atom is -0.486 e. The molecule has 0 fully saturated rings. The minimum absolute atomic E-state index is 0.0573. The van der Waals surface area contributed by atoms with Gasteiger partial charge in [0.15, 0.2) is 0 Å². The molecule has 2 rings (SSSR count). The largest absolute Gasteiger partial charge is 0.486 e. The minimum atomic E-state index is 0.0573. The van der Waals surface area contributed by atoms with Gasteiger partial charge >= 0.3 is 0 Å². The van der Waals surface area contributed by atoms with Gasteiger partial charge in [0.2, 0.25) is 0 Å². The first-order valence-corrected chi connectivity index (χ1v) is 7.46. The fourth-order valence-electron chi connectivity index (χ4n) is 3.00. The van der Waals surface area contributed by atoms with Gasteiger partial charge in [-0.05, 0) is 49.5 Å². The summed E-state index contributed by atoms with van der Waals surface area (Å²) in [5.41, 5.74) is 5.40. The summed E-state index contributed by atoms with van der Waals surface area (Å²) < 4.78 is 6.12. The number of rotatable bonds is 2. The van der Waals surface area contributed by atoms with Crippen LogP contribution < -0.4 is 0 Å². The van der Waals surface area contributed by atoms with E-state index in [9.17, 15) is 0 Å². The summed E-state index contributed by atoms with van der Waals surface area (Å²) in [5.74, 6) is 1.05. The number of likely N-dealkylation sites (N-methyl/N-ethyl adjacent to an activating group) is 1. The maximum absolute atomic E-state index is 6.12. The molecule has 2 nitrogen and oxygen atoms in total. The fourth-order valence-corrected chi connectivity index (χ4v) is 3.00. The van der Waals surface area contributed by atoms with E-state index in [0.717, 1.165) is 12.3 Å². The average Bonchev–Trinajstić information content (AvgIpc) is 2.37. The quantitative estimate of drug-likeness (QED) is 0.738. The molecule has 0 spiro atoms. The molecule has 0 aromatic rings. The van der Waals surface area contributed by atoms with Crippen LogP contribution in [0.3, 0.4) is 0 Å². The molecule has 0 N–H and O–H groups in total. The molecule has 0 aromatic carbocycles. The Labute approximate surface area is 123 Å². The third kappa shape index (κ3) is 2.56. The number of hydrogen-bond acceptors (Lipinski definition) is 2. The van der Waals surface area contributed by atoms with Crippen molar-refractivity contribution in [3.63, 3.8) is 0 Å². The van der Waals surface area contributed by atoms with Crippen molar-refractivity contribution in [2.75, 3.05) is 13.6 Å². The molecular formula is C18H27NO. The maximum Gasteiger partial charge on any atom is 0.144 e. The molecule has 0 saturated carbocycles. The third-order valence-electron chi connectivity index (χ3n) is 4.22. The Balaban J connectivity index is 2.49. The number of allylic oxidation sites excluding steroid dienone is 4. The Bertz CT molecular complexity index is 526. The Morgan fingerprint density at radius 2 is 1.85 bits per heavy atom. The van der Waals surface area contributed by atoms with Crippen molar-refractivity contribution in [3.8, 4) is 0 Å². The lowest BCUT2D eigenvalue weighted by atomic mass is 9.76. The van der Waals surface area contributed by atoms with Crippen LogP contribution in [0, 0.1) is 5.41 Å². The van der Waals surface area contributed by atoms with Crippen LogP contribution in [0.25, 0.3) is 0 Å². The van der Waals surface area contributed by atoms with E-state index in [1.165, 1.54) is 22.4 Å². The van der Waals surface area contributed by atoms with Crippen LogP contribution in [0.4, 0.5) is 0 Å². The van der Waals surface area contributed by atoms with Gasteiger partial charge in [0, 0.05) is 24.9 Å². The summed E-state index contributed by atoms with van der Waals surface area (Å²) >= 11 is 0. The second kappa shape index (κ2) is 5.16. The van der Waals surface area contributed by atoms with Crippen molar-refractivity contribution in [2.45, 2.75) is 47.6 Å². The molecule has 110 valence electrons. The van der Waals surface area contributed by atoms with Crippen molar-refractivity contribution in [2.24, 2.45) is 5.41 Å². The lowest BCUT2D eigenvalue weighted by Gasteiger charge is -2.37. The highest BCUT2D eigenvalue weighted by molar-refractivity contribution is 5.52. The summed E-state index contributed by atoms with van der Waals surface area (Å²) in [6.45, 7) is 14.2. The smallest absolute Gasteiger partial charge is 0.144 e. The Kier molecular flexibility index (Phi) is 3.86. The van der Waals surface area contributed by atoms with Crippen molar-refractivity contribution in [3.05, 3.63) is 46.4 Å². The summed E-state index contributed by atoms with van der Waals surface area (Å²) in [6, 6.07) is 0. The van der Waals surface area contributed by atoms with E-state index in [0.29, 0.717) is 0 Å². The van der Waals surface area contributed by atoms with E-state index >= 15 is 0 Å². The van der Waals surface area contributed by atoms with Gasteiger partial charge in [-0.15, -0.1) is 0 Å². The zero-order valence-corrected chi connectivity index (χ0v) is 13.9.